The van der Waals surface area contributed by atoms with Gasteiger partial charge in [0.15, 0.2) is 11.6 Å². The topological polar surface area (TPSA) is 63.2 Å². The number of carbonyl (C=O) groups is 3. The summed E-state index contributed by atoms with van der Waals surface area (Å²) in [5, 5.41) is 2.81. The number of hydrogen-bond donors (Lipinski definition) is 1. The van der Waals surface area contributed by atoms with Crippen LogP contribution in [0.2, 0.25) is 0 Å². The number of amides is 1. The fourth-order valence-corrected chi connectivity index (χ4v) is 4.58. The molecule has 0 aliphatic carbocycles. The van der Waals surface area contributed by atoms with Crippen LogP contribution in [0.4, 0.5) is 5.69 Å². The Bertz CT molecular complexity index is 1170. The maximum atomic E-state index is 13.3. The molecule has 0 saturated heterocycles. The lowest BCUT2D eigenvalue weighted by atomic mass is 10.0. The van der Waals surface area contributed by atoms with Gasteiger partial charge in [-0.25, -0.2) is 0 Å². The molecule has 1 heterocycles. The zero-order valence-electron chi connectivity index (χ0n) is 15.7. The van der Waals surface area contributed by atoms with Crippen LogP contribution in [0.1, 0.15) is 26.3 Å². The van der Waals surface area contributed by atoms with E-state index < -0.39 is 0 Å². The molecule has 3 aromatic rings. The molecule has 4 rings (SSSR count). The van der Waals surface area contributed by atoms with Gasteiger partial charge in [0, 0.05) is 26.9 Å². The fraction of sp³-hybridized carbons (Fsp3) is 0.0417. The highest BCUT2D eigenvalue weighted by Gasteiger charge is 2.31. The van der Waals surface area contributed by atoms with Gasteiger partial charge < -0.3 is 5.32 Å². The van der Waals surface area contributed by atoms with Crippen molar-refractivity contribution in [1.29, 1.82) is 0 Å². The summed E-state index contributed by atoms with van der Waals surface area (Å²) in [5.41, 5.74) is 2.63. The number of halogens is 1. The molecular formula is C24H16BrNO3S. The first-order valence-electron chi connectivity index (χ1n) is 9.21. The highest BCUT2D eigenvalue weighted by atomic mass is 79.9. The zero-order chi connectivity index (χ0) is 21.1. The molecule has 1 aliphatic heterocycles. The van der Waals surface area contributed by atoms with Crippen molar-refractivity contribution in [2.75, 3.05) is 11.1 Å². The first-order valence-corrected chi connectivity index (χ1v) is 11.0. The van der Waals surface area contributed by atoms with Gasteiger partial charge in [-0.15, -0.1) is 11.8 Å². The summed E-state index contributed by atoms with van der Waals surface area (Å²) in [5.74, 6) is -0.674. The third-order valence-electron chi connectivity index (χ3n) is 4.64. The van der Waals surface area contributed by atoms with Crippen molar-refractivity contribution >= 4 is 56.4 Å². The number of thioether (sulfide) groups is 1. The van der Waals surface area contributed by atoms with Crippen LogP contribution < -0.4 is 5.32 Å². The Kier molecular flexibility index (Phi) is 5.97. The quantitative estimate of drug-likeness (QED) is 0.370. The van der Waals surface area contributed by atoms with Gasteiger partial charge in [0.2, 0.25) is 0 Å². The van der Waals surface area contributed by atoms with Gasteiger partial charge in [-0.1, -0.05) is 76.6 Å². The van der Waals surface area contributed by atoms with E-state index in [9.17, 15) is 14.4 Å². The van der Waals surface area contributed by atoms with E-state index in [2.05, 4.69) is 21.2 Å². The predicted octanol–water partition coefficient (Wildman–Crippen LogP) is 5.61. The Morgan fingerprint density at radius 2 is 1.50 bits per heavy atom. The maximum absolute atomic E-state index is 13.3. The van der Waals surface area contributed by atoms with Crippen molar-refractivity contribution in [1.82, 2.24) is 0 Å². The lowest BCUT2D eigenvalue weighted by Gasteiger charge is -2.10. The van der Waals surface area contributed by atoms with Crippen molar-refractivity contribution in [3.8, 4) is 0 Å². The summed E-state index contributed by atoms with van der Waals surface area (Å²) in [6.07, 6.45) is 0. The number of benzene rings is 3. The third-order valence-corrected chi connectivity index (χ3v) is 6.22. The van der Waals surface area contributed by atoms with Gasteiger partial charge >= 0.3 is 0 Å². The summed E-state index contributed by atoms with van der Waals surface area (Å²) >= 11 is 4.53. The minimum absolute atomic E-state index is 0.0536. The molecule has 0 saturated carbocycles. The Morgan fingerprint density at radius 3 is 2.17 bits per heavy atom. The summed E-state index contributed by atoms with van der Waals surface area (Å²) < 4.78 is 0.798. The summed E-state index contributed by atoms with van der Waals surface area (Å²) in [4.78, 5) is 39.0. The number of hydrogen-bond acceptors (Lipinski definition) is 4. The molecule has 0 aromatic heterocycles. The van der Waals surface area contributed by atoms with Gasteiger partial charge in [0.25, 0.3) is 5.91 Å². The second kappa shape index (κ2) is 8.81. The predicted molar refractivity (Wildman–Crippen MR) is 124 cm³/mol. The molecule has 4 nitrogen and oxygen atoms in total. The van der Waals surface area contributed by atoms with Crippen molar-refractivity contribution in [3.63, 3.8) is 0 Å². The van der Waals surface area contributed by atoms with Crippen LogP contribution in [-0.2, 0) is 4.79 Å². The average Bonchev–Trinajstić information content (AvgIpc) is 3.10. The van der Waals surface area contributed by atoms with Gasteiger partial charge in [0.05, 0.1) is 16.2 Å². The molecule has 0 unspecified atom stereocenters. The van der Waals surface area contributed by atoms with Gasteiger partial charge in [0.1, 0.15) is 0 Å². The highest BCUT2D eigenvalue weighted by Crippen LogP contribution is 2.40. The number of nitrogens with one attached hydrogen (secondary N) is 1. The number of carbonyl (C=O) groups excluding carboxylic acids is 3. The van der Waals surface area contributed by atoms with Crippen LogP contribution in [0.3, 0.4) is 0 Å². The number of rotatable bonds is 6. The van der Waals surface area contributed by atoms with Crippen LogP contribution in [0, 0.1) is 0 Å². The molecule has 0 spiro atoms. The van der Waals surface area contributed by atoms with Crippen LogP contribution in [0.25, 0.3) is 5.57 Å². The van der Waals surface area contributed by atoms with E-state index in [0.29, 0.717) is 28.0 Å². The molecule has 30 heavy (non-hydrogen) atoms. The molecule has 1 N–H and O–H groups in total. The summed E-state index contributed by atoms with van der Waals surface area (Å²) in [7, 11) is 0. The standard InChI is InChI=1S/C24H16BrNO3S/c25-17-11-12-19-18(13-17)21(24(29)26-19)23(22(28)16-9-5-2-6-10-16)30-14-20(27)15-7-3-1-4-8-15/h1-13H,14H2,(H,26,29)/b23-21-. The zero-order valence-corrected chi connectivity index (χ0v) is 18.1. The normalized spacial score (nSPS) is 14.1. The Balaban J connectivity index is 1.76. The van der Waals surface area contributed by atoms with E-state index in [-0.39, 0.29) is 28.1 Å². The van der Waals surface area contributed by atoms with E-state index >= 15 is 0 Å². The fourth-order valence-electron chi connectivity index (χ4n) is 3.18. The molecular weight excluding hydrogens is 462 g/mol. The van der Waals surface area contributed by atoms with Gasteiger partial charge in [-0.3, -0.25) is 14.4 Å². The minimum atomic E-state index is -0.345. The second-order valence-electron chi connectivity index (χ2n) is 6.62. The van der Waals surface area contributed by atoms with E-state index in [0.717, 1.165) is 16.2 Å². The lowest BCUT2D eigenvalue weighted by Crippen LogP contribution is -2.12. The molecule has 0 radical (unpaired) electrons. The van der Waals surface area contributed by atoms with Crippen molar-refractivity contribution in [2.45, 2.75) is 0 Å². The highest BCUT2D eigenvalue weighted by molar-refractivity contribution is 9.10. The summed E-state index contributed by atoms with van der Waals surface area (Å²) in [6, 6.07) is 23.1. The van der Waals surface area contributed by atoms with E-state index in [1.54, 1.807) is 60.7 Å². The molecule has 6 heteroatoms. The van der Waals surface area contributed by atoms with Crippen molar-refractivity contribution in [2.24, 2.45) is 0 Å². The van der Waals surface area contributed by atoms with Crippen LogP contribution in [-0.4, -0.2) is 23.2 Å². The Labute approximate surface area is 186 Å². The molecule has 0 fully saturated rings. The SMILES string of the molecule is O=C1Nc2ccc(Br)cc2/C1=C(/SCC(=O)c1ccccc1)C(=O)c1ccccc1. The molecule has 1 amide bonds. The minimum Gasteiger partial charge on any atom is -0.321 e. The number of anilines is 1. The third kappa shape index (κ3) is 4.15. The van der Waals surface area contributed by atoms with E-state index in [1.165, 1.54) is 0 Å². The second-order valence-corrected chi connectivity index (χ2v) is 8.52. The average molecular weight is 478 g/mol. The van der Waals surface area contributed by atoms with Crippen LogP contribution in [0.5, 0.6) is 0 Å². The summed E-state index contributed by atoms with van der Waals surface area (Å²) in [6.45, 7) is 0. The number of Topliss-reactive ketones (excluding diaryl/α,β-unsaturated/α-hetero) is 2. The van der Waals surface area contributed by atoms with Gasteiger partial charge in [-0.05, 0) is 18.2 Å². The smallest absolute Gasteiger partial charge is 0.257 e. The van der Waals surface area contributed by atoms with Gasteiger partial charge in [-0.2, -0.15) is 0 Å². The van der Waals surface area contributed by atoms with Crippen molar-refractivity contribution < 1.29 is 14.4 Å². The first kappa shape index (κ1) is 20.3. The van der Waals surface area contributed by atoms with Crippen LogP contribution >= 0.6 is 27.7 Å². The molecule has 0 bridgehead atoms. The lowest BCUT2D eigenvalue weighted by molar-refractivity contribution is -0.110. The van der Waals surface area contributed by atoms with E-state index in [1.807, 2.05) is 18.2 Å². The number of ketones is 2. The molecule has 3 aromatic carbocycles. The molecule has 1 aliphatic rings. The molecule has 0 atom stereocenters. The molecule has 148 valence electrons. The van der Waals surface area contributed by atoms with Crippen molar-refractivity contribution in [3.05, 3.63) is 105 Å². The van der Waals surface area contributed by atoms with E-state index in [4.69, 9.17) is 0 Å². The maximum Gasteiger partial charge on any atom is 0.257 e. The Hall–Kier alpha value is -2.96. The number of allylic oxidation sites excluding steroid dienone is 1. The van der Waals surface area contributed by atoms with Crippen LogP contribution in [0.15, 0.2) is 88.2 Å². The first-order chi connectivity index (χ1) is 14.5. The monoisotopic (exact) mass is 477 g/mol. The Morgan fingerprint density at radius 1 is 0.867 bits per heavy atom. The largest absolute Gasteiger partial charge is 0.321 e. The number of fused-ring (bicyclic) bond motifs is 1.